The summed E-state index contributed by atoms with van der Waals surface area (Å²) in [4.78, 5) is 14.5. The molecule has 0 unspecified atom stereocenters. The van der Waals surface area contributed by atoms with Gasteiger partial charge >= 0.3 is 5.97 Å². The number of pyridine rings is 1. The van der Waals surface area contributed by atoms with E-state index in [1.165, 1.54) is 12.3 Å². The van der Waals surface area contributed by atoms with Gasteiger partial charge in [-0.25, -0.2) is 9.78 Å². The van der Waals surface area contributed by atoms with E-state index < -0.39 is 5.97 Å². The van der Waals surface area contributed by atoms with Crippen molar-refractivity contribution in [1.29, 1.82) is 0 Å². The Hall–Kier alpha value is -2.62. The number of aromatic carboxylic acids is 1. The highest BCUT2D eigenvalue weighted by atomic mass is 16.5. The minimum Gasteiger partial charge on any atom is -0.489 e. The van der Waals surface area contributed by atoms with E-state index in [-0.39, 0.29) is 5.69 Å². The molecule has 0 atom stereocenters. The zero-order valence-electron chi connectivity index (χ0n) is 10.2. The van der Waals surface area contributed by atoms with Gasteiger partial charge in [0.05, 0.1) is 0 Å². The molecular formula is C15H13NO3. The fourth-order valence-electron chi connectivity index (χ4n) is 1.51. The summed E-state index contributed by atoms with van der Waals surface area (Å²) in [5, 5.41) is 8.80. The van der Waals surface area contributed by atoms with E-state index in [0.29, 0.717) is 12.4 Å². The fraction of sp³-hybridized carbons (Fsp3) is 0.0667. The van der Waals surface area contributed by atoms with E-state index in [4.69, 9.17) is 9.84 Å². The maximum Gasteiger partial charge on any atom is 0.354 e. The second-order valence-corrected chi connectivity index (χ2v) is 3.81. The maximum absolute atomic E-state index is 10.7. The summed E-state index contributed by atoms with van der Waals surface area (Å²) < 4.78 is 5.43. The van der Waals surface area contributed by atoms with Crippen molar-refractivity contribution in [3.8, 4) is 5.75 Å². The van der Waals surface area contributed by atoms with Gasteiger partial charge in [-0.1, -0.05) is 36.4 Å². The Bertz CT molecular complexity index is 579. The Kier molecular flexibility index (Phi) is 4.29. The van der Waals surface area contributed by atoms with Crippen molar-refractivity contribution in [2.24, 2.45) is 0 Å². The van der Waals surface area contributed by atoms with Crippen LogP contribution >= 0.6 is 0 Å². The third-order valence-electron chi connectivity index (χ3n) is 2.41. The molecule has 0 aliphatic rings. The van der Waals surface area contributed by atoms with Gasteiger partial charge in [-0.15, -0.1) is 0 Å². The van der Waals surface area contributed by atoms with Crippen molar-refractivity contribution in [2.75, 3.05) is 6.61 Å². The third kappa shape index (κ3) is 3.96. The topological polar surface area (TPSA) is 59.4 Å². The molecule has 0 aliphatic carbocycles. The van der Waals surface area contributed by atoms with Crippen molar-refractivity contribution < 1.29 is 14.6 Å². The van der Waals surface area contributed by atoms with Gasteiger partial charge in [0.1, 0.15) is 12.4 Å². The van der Waals surface area contributed by atoms with E-state index >= 15 is 0 Å². The molecule has 0 aliphatic heterocycles. The summed E-state index contributed by atoms with van der Waals surface area (Å²) >= 11 is 0. The molecule has 0 spiro atoms. The number of carboxylic acid groups (broad SMARTS) is 1. The molecule has 2 aromatic rings. The number of carboxylic acids is 1. The minimum atomic E-state index is -1.06. The lowest BCUT2D eigenvalue weighted by Crippen LogP contribution is -2.01. The summed E-state index contributed by atoms with van der Waals surface area (Å²) in [6.07, 6.45) is 5.23. The number of nitrogens with zero attached hydrogens (tertiary/aromatic N) is 1. The molecule has 19 heavy (non-hydrogen) atoms. The molecule has 2 rings (SSSR count). The number of carbonyl (C=O) groups is 1. The van der Waals surface area contributed by atoms with Gasteiger partial charge in [0.25, 0.3) is 0 Å². The van der Waals surface area contributed by atoms with Gasteiger partial charge in [0, 0.05) is 12.3 Å². The van der Waals surface area contributed by atoms with Gasteiger partial charge in [-0.05, 0) is 17.7 Å². The number of aromatic nitrogens is 1. The summed E-state index contributed by atoms with van der Waals surface area (Å²) in [5.41, 5.74) is 1.07. The first-order valence-corrected chi connectivity index (χ1v) is 5.79. The number of benzene rings is 1. The normalized spacial score (nSPS) is 10.5. The van der Waals surface area contributed by atoms with Crippen LogP contribution in [0.3, 0.4) is 0 Å². The highest BCUT2D eigenvalue weighted by molar-refractivity contribution is 5.85. The molecule has 0 amide bonds. The van der Waals surface area contributed by atoms with E-state index in [1.807, 2.05) is 42.5 Å². The summed E-state index contributed by atoms with van der Waals surface area (Å²) in [7, 11) is 0. The van der Waals surface area contributed by atoms with Crippen LogP contribution < -0.4 is 4.74 Å². The maximum atomic E-state index is 10.7. The summed E-state index contributed by atoms with van der Waals surface area (Å²) in [6, 6.07) is 12.9. The molecule has 0 bridgehead atoms. The van der Waals surface area contributed by atoms with Crippen LogP contribution in [0, 0.1) is 0 Å². The first kappa shape index (κ1) is 12.8. The lowest BCUT2D eigenvalue weighted by atomic mass is 10.2. The standard InChI is InChI=1S/C15H13NO3/c17-15(18)14-11-13(8-9-16-14)19-10-4-7-12-5-2-1-3-6-12/h1-9,11H,10H2,(H,17,18)/b7-4+. The molecule has 1 aromatic carbocycles. The van der Waals surface area contributed by atoms with Gasteiger partial charge in [-0.3, -0.25) is 0 Å². The minimum absolute atomic E-state index is 0.0236. The molecule has 0 radical (unpaired) electrons. The fourth-order valence-corrected chi connectivity index (χ4v) is 1.51. The smallest absolute Gasteiger partial charge is 0.354 e. The van der Waals surface area contributed by atoms with Gasteiger partial charge < -0.3 is 9.84 Å². The molecule has 0 fully saturated rings. The van der Waals surface area contributed by atoms with Crippen LogP contribution in [-0.2, 0) is 0 Å². The Balaban J connectivity index is 1.91. The Morgan fingerprint density at radius 1 is 1.26 bits per heavy atom. The first-order valence-electron chi connectivity index (χ1n) is 5.79. The third-order valence-corrected chi connectivity index (χ3v) is 2.41. The van der Waals surface area contributed by atoms with Crippen LogP contribution in [0.2, 0.25) is 0 Å². The first-order chi connectivity index (χ1) is 9.25. The van der Waals surface area contributed by atoms with Crippen molar-refractivity contribution in [1.82, 2.24) is 4.98 Å². The second-order valence-electron chi connectivity index (χ2n) is 3.81. The van der Waals surface area contributed by atoms with Crippen LogP contribution in [-0.4, -0.2) is 22.7 Å². The highest BCUT2D eigenvalue weighted by Crippen LogP contribution is 2.11. The summed E-state index contributed by atoms with van der Waals surface area (Å²) in [5.74, 6) is -0.574. The molecule has 4 heteroatoms. The van der Waals surface area contributed by atoms with E-state index in [1.54, 1.807) is 6.07 Å². The number of hydrogen-bond donors (Lipinski definition) is 1. The predicted octanol–water partition coefficient (Wildman–Crippen LogP) is 2.87. The molecule has 4 nitrogen and oxygen atoms in total. The van der Waals surface area contributed by atoms with Crippen molar-refractivity contribution in [2.45, 2.75) is 0 Å². The van der Waals surface area contributed by atoms with Crippen LogP contribution in [0.15, 0.2) is 54.7 Å². The lowest BCUT2D eigenvalue weighted by molar-refractivity contribution is 0.0690. The monoisotopic (exact) mass is 255 g/mol. The van der Waals surface area contributed by atoms with Crippen molar-refractivity contribution >= 4 is 12.0 Å². The molecule has 1 N–H and O–H groups in total. The predicted molar refractivity (Wildman–Crippen MR) is 72.2 cm³/mol. The Morgan fingerprint density at radius 3 is 2.79 bits per heavy atom. The Morgan fingerprint density at radius 2 is 2.05 bits per heavy atom. The van der Waals surface area contributed by atoms with Crippen LogP contribution in [0.5, 0.6) is 5.75 Å². The van der Waals surface area contributed by atoms with Gasteiger partial charge in [0.15, 0.2) is 5.69 Å². The van der Waals surface area contributed by atoms with Crippen molar-refractivity contribution in [3.05, 3.63) is 66.0 Å². The molecule has 0 saturated heterocycles. The van der Waals surface area contributed by atoms with E-state index in [2.05, 4.69) is 4.98 Å². The largest absolute Gasteiger partial charge is 0.489 e. The van der Waals surface area contributed by atoms with Gasteiger partial charge in [0.2, 0.25) is 0 Å². The number of ether oxygens (including phenoxy) is 1. The lowest BCUT2D eigenvalue weighted by Gasteiger charge is -2.03. The zero-order chi connectivity index (χ0) is 13.5. The molecule has 1 heterocycles. The molecule has 1 aromatic heterocycles. The average molecular weight is 255 g/mol. The van der Waals surface area contributed by atoms with Crippen LogP contribution in [0.1, 0.15) is 16.1 Å². The van der Waals surface area contributed by atoms with E-state index in [0.717, 1.165) is 5.56 Å². The average Bonchev–Trinajstić information content (AvgIpc) is 2.45. The molecule has 0 saturated carbocycles. The molecule has 96 valence electrons. The number of hydrogen-bond acceptors (Lipinski definition) is 3. The number of rotatable bonds is 5. The molecular weight excluding hydrogens is 242 g/mol. The zero-order valence-corrected chi connectivity index (χ0v) is 10.2. The van der Waals surface area contributed by atoms with Gasteiger partial charge in [-0.2, -0.15) is 0 Å². The van der Waals surface area contributed by atoms with Crippen molar-refractivity contribution in [3.63, 3.8) is 0 Å². The second kappa shape index (κ2) is 6.35. The highest BCUT2D eigenvalue weighted by Gasteiger charge is 2.04. The Labute approximate surface area is 111 Å². The van der Waals surface area contributed by atoms with Crippen LogP contribution in [0.25, 0.3) is 6.08 Å². The quantitative estimate of drug-likeness (QED) is 0.892. The summed E-state index contributed by atoms with van der Waals surface area (Å²) in [6.45, 7) is 0.373. The van der Waals surface area contributed by atoms with E-state index in [9.17, 15) is 4.79 Å². The SMILES string of the molecule is O=C(O)c1cc(OC/C=C/c2ccccc2)ccn1. The van der Waals surface area contributed by atoms with Crippen LogP contribution in [0.4, 0.5) is 0 Å².